The van der Waals surface area contributed by atoms with E-state index in [0.717, 1.165) is 12.8 Å². The van der Waals surface area contributed by atoms with Crippen molar-refractivity contribution in [3.63, 3.8) is 0 Å². The molecule has 5 nitrogen and oxygen atoms in total. The number of amides is 2. The fourth-order valence-electron chi connectivity index (χ4n) is 1.77. The molecular formula is C12H22N2O3. The van der Waals surface area contributed by atoms with Gasteiger partial charge in [-0.05, 0) is 33.6 Å². The molecule has 0 spiro atoms. The molecule has 0 bridgehead atoms. The molecule has 1 aliphatic heterocycles. The third-order valence-corrected chi connectivity index (χ3v) is 2.48. The van der Waals surface area contributed by atoms with Gasteiger partial charge in [0.05, 0.1) is 6.54 Å². The Bertz CT molecular complexity index is 291. The first kappa shape index (κ1) is 14.0. The largest absolute Gasteiger partial charge is 0.368 e. The van der Waals surface area contributed by atoms with Gasteiger partial charge in [0.25, 0.3) is 5.91 Å². The summed E-state index contributed by atoms with van der Waals surface area (Å²) in [5.74, 6) is -0.252. The van der Waals surface area contributed by atoms with E-state index in [9.17, 15) is 9.59 Å². The number of nitrogens with zero attached hydrogens (tertiary/aromatic N) is 1. The zero-order valence-corrected chi connectivity index (χ0v) is 11.1. The molecule has 1 heterocycles. The highest BCUT2D eigenvalue weighted by Crippen LogP contribution is 2.13. The van der Waals surface area contributed by atoms with Crippen molar-refractivity contribution in [3.05, 3.63) is 0 Å². The second-order valence-electron chi connectivity index (χ2n) is 5.49. The van der Waals surface area contributed by atoms with Gasteiger partial charge in [-0.15, -0.1) is 0 Å². The lowest BCUT2D eigenvalue weighted by molar-refractivity contribution is -0.142. The number of likely N-dealkylation sites (N-methyl/N-ethyl adjacent to an activating group) is 1. The van der Waals surface area contributed by atoms with Crippen molar-refractivity contribution in [2.24, 2.45) is 0 Å². The molecular weight excluding hydrogens is 220 g/mol. The molecule has 0 aromatic heterocycles. The minimum Gasteiger partial charge on any atom is -0.368 e. The van der Waals surface area contributed by atoms with E-state index < -0.39 is 0 Å². The Morgan fingerprint density at radius 2 is 2.06 bits per heavy atom. The number of rotatable bonds is 3. The van der Waals surface area contributed by atoms with Crippen LogP contribution in [0.5, 0.6) is 0 Å². The first-order valence-corrected chi connectivity index (χ1v) is 5.97. The van der Waals surface area contributed by atoms with E-state index in [0.29, 0.717) is 6.61 Å². The van der Waals surface area contributed by atoms with Crippen LogP contribution in [0.3, 0.4) is 0 Å². The van der Waals surface area contributed by atoms with Gasteiger partial charge in [0.1, 0.15) is 6.10 Å². The van der Waals surface area contributed by atoms with Crippen molar-refractivity contribution in [2.75, 3.05) is 20.2 Å². The van der Waals surface area contributed by atoms with Crippen LogP contribution in [0.2, 0.25) is 0 Å². The molecule has 5 heteroatoms. The first-order chi connectivity index (χ1) is 7.79. The SMILES string of the molecule is CN(CC(=O)NC(C)(C)C)C(=O)C1CCCO1. The molecule has 2 amide bonds. The van der Waals surface area contributed by atoms with Crippen molar-refractivity contribution in [2.45, 2.75) is 45.3 Å². The highest BCUT2D eigenvalue weighted by atomic mass is 16.5. The molecule has 1 rings (SSSR count). The van der Waals surface area contributed by atoms with Crippen LogP contribution in [0.15, 0.2) is 0 Å². The summed E-state index contributed by atoms with van der Waals surface area (Å²) >= 11 is 0. The standard InChI is InChI=1S/C12H22N2O3/c1-12(2,3)13-10(15)8-14(4)11(16)9-6-5-7-17-9/h9H,5-8H2,1-4H3,(H,13,15). The summed E-state index contributed by atoms with van der Waals surface area (Å²) in [6.45, 7) is 6.45. The predicted molar refractivity (Wildman–Crippen MR) is 64.5 cm³/mol. The average Bonchev–Trinajstić information content (AvgIpc) is 2.65. The lowest BCUT2D eigenvalue weighted by Crippen LogP contribution is -2.47. The molecule has 0 aromatic rings. The van der Waals surface area contributed by atoms with E-state index in [1.807, 2.05) is 20.8 Å². The third-order valence-electron chi connectivity index (χ3n) is 2.48. The molecule has 17 heavy (non-hydrogen) atoms. The first-order valence-electron chi connectivity index (χ1n) is 5.97. The second-order valence-corrected chi connectivity index (χ2v) is 5.49. The molecule has 1 saturated heterocycles. The van der Waals surface area contributed by atoms with Crippen LogP contribution in [0.1, 0.15) is 33.6 Å². The smallest absolute Gasteiger partial charge is 0.251 e. The molecule has 1 fully saturated rings. The zero-order chi connectivity index (χ0) is 13.1. The molecule has 1 N–H and O–H groups in total. The Kier molecular flexibility index (Phi) is 4.51. The van der Waals surface area contributed by atoms with Crippen molar-refractivity contribution in [1.29, 1.82) is 0 Å². The van der Waals surface area contributed by atoms with Gasteiger partial charge >= 0.3 is 0 Å². The Balaban J connectivity index is 2.40. The van der Waals surface area contributed by atoms with E-state index in [-0.39, 0.29) is 30.0 Å². The Morgan fingerprint density at radius 1 is 1.41 bits per heavy atom. The van der Waals surface area contributed by atoms with Crippen LogP contribution in [0.25, 0.3) is 0 Å². The van der Waals surface area contributed by atoms with Crippen LogP contribution in [-0.4, -0.2) is 48.6 Å². The average molecular weight is 242 g/mol. The maximum atomic E-state index is 11.9. The minimum absolute atomic E-state index is 0.0793. The van der Waals surface area contributed by atoms with Gasteiger partial charge in [-0.2, -0.15) is 0 Å². The lowest BCUT2D eigenvalue weighted by atomic mass is 10.1. The molecule has 0 aliphatic carbocycles. The number of carbonyl (C=O) groups excluding carboxylic acids is 2. The predicted octanol–water partition coefficient (Wildman–Crippen LogP) is 0.539. The van der Waals surface area contributed by atoms with Gasteiger partial charge in [0, 0.05) is 19.2 Å². The van der Waals surface area contributed by atoms with Gasteiger partial charge in [0.15, 0.2) is 0 Å². The number of nitrogens with one attached hydrogen (secondary N) is 1. The van der Waals surface area contributed by atoms with Crippen molar-refractivity contribution >= 4 is 11.8 Å². The summed E-state index contributed by atoms with van der Waals surface area (Å²) in [6, 6.07) is 0. The van der Waals surface area contributed by atoms with E-state index in [1.54, 1.807) is 7.05 Å². The Hall–Kier alpha value is -1.10. The van der Waals surface area contributed by atoms with Crippen LogP contribution in [-0.2, 0) is 14.3 Å². The third kappa shape index (κ3) is 4.73. The van der Waals surface area contributed by atoms with Gasteiger partial charge in [-0.1, -0.05) is 0 Å². The van der Waals surface area contributed by atoms with Gasteiger partial charge < -0.3 is 15.0 Å². The molecule has 0 radical (unpaired) electrons. The minimum atomic E-state index is -0.359. The van der Waals surface area contributed by atoms with Crippen LogP contribution in [0.4, 0.5) is 0 Å². The van der Waals surface area contributed by atoms with Crippen LogP contribution >= 0.6 is 0 Å². The maximum Gasteiger partial charge on any atom is 0.251 e. The summed E-state index contributed by atoms with van der Waals surface area (Å²) in [6.07, 6.45) is 1.31. The quantitative estimate of drug-likeness (QED) is 0.785. The summed E-state index contributed by atoms with van der Waals surface area (Å²) in [7, 11) is 1.63. The summed E-state index contributed by atoms with van der Waals surface area (Å²) in [5, 5.41) is 2.82. The van der Waals surface area contributed by atoms with Gasteiger partial charge in [-0.3, -0.25) is 9.59 Å². The van der Waals surface area contributed by atoms with Gasteiger partial charge in [-0.25, -0.2) is 0 Å². The summed E-state index contributed by atoms with van der Waals surface area (Å²) < 4.78 is 5.30. The fourth-order valence-corrected chi connectivity index (χ4v) is 1.77. The lowest BCUT2D eigenvalue weighted by Gasteiger charge is -2.24. The topological polar surface area (TPSA) is 58.6 Å². The van der Waals surface area contributed by atoms with E-state index in [1.165, 1.54) is 4.90 Å². The number of hydrogen-bond acceptors (Lipinski definition) is 3. The number of hydrogen-bond donors (Lipinski definition) is 1. The van der Waals surface area contributed by atoms with E-state index >= 15 is 0 Å². The fraction of sp³-hybridized carbons (Fsp3) is 0.833. The summed E-state index contributed by atoms with van der Waals surface area (Å²) in [5.41, 5.74) is -0.273. The number of carbonyl (C=O) groups is 2. The van der Waals surface area contributed by atoms with Crippen LogP contribution < -0.4 is 5.32 Å². The maximum absolute atomic E-state index is 11.9. The van der Waals surface area contributed by atoms with Crippen molar-refractivity contribution in [1.82, 2.24) is 10.2 Å². The Labute approximate surface area is 102 Å². The monoisotopic (exact) mass is 242 g/mol. The van der Waals surface area contributed by atoms with E-state index in [4.69, 9.17) is 4.74 Å². The Morgan fingerprint density at radius 3 is 2.53 bits per heavy atom. The molecule has 0 aromatic carbocycles. The molecule has 1 aliphatic rings. The highest BCUT2D eigenvalue weighted by molar-refractivity contribution is 5.87. The van der Waals surface area contributed by atoms with Gasteiger partial charge in [0.2, 0.25) is 5.91 Å². The van der Waals surface area contributed by atoms with Crippen molar-refractivity contribution in [3.8, 4) is 0 Å². The molecule has 98 valence electrons. The van der Waals surface area contributed by atoms with E-state index in [2.05, 4.69) is 5.32 Å². The molecule has 1 unspecified atom stereocenters. The zero-order valence-electron chi connectivity index (χ0n) is 11.1. The number of ether oxygens (including phenoxy) is 1. The molecule has 0 saturated carbocycles. The normalized spacial score (nSPS) is 20.1. The summed E-state index contributed by atoms with van der Waals surface area (Å²) in [4.78, 5) is 24.9. The van der Waals surface area contributed by atoms with Crippen molar-refractivity contribution < 1.29 is 14.3 Å². The highest BCUT2D eigenvalue weighted by Gasteiger charge is 2.27. The second kappa shape index (κ2) is 5.49. The molecule has 1 atom stereocenters. The van der Waals surface area contributed by atoms with Crippen LogP contribution in [0, 0.1) is 0 Å².